The average Bonchev–Trinajstić information content (AvgIpc) is 2.65. The van der Waals surface area contributed by atoms with E-state index in [1.807, 2.05) is 0 Å². The highest BCUT2D eigenvalue weighted by Crippen LogP contribution is 2.14. The molecule has 0 rings (SSSR count). The molecule has 1 unspecified atom stereocenters. The smallest absolute Gasteiger partial charge is 0.0704 e. The Labute approximate surface area is 166 Å². The van der Waals surface area contributed by atoms with Crippen LogP contribution in [-0.4, -0.2) is 77.3 Å². The van der Waals surface area contributed by atoms with Crippen molar-refractivity contribution in [3.05, 3.63) is 0 Å². The SMILES string of the molecule is CCCC(CCCCC(C)C)OCCOCCOCCOCCOCCO. The van der Waals surface area contributed by atoms with Crippen LogP contribution >= 0.6 is 0 Å². The van der Waals surface area contributed by atoms with Crippen LogP contribution in [0.5, 0.6) is 0 Å². The lowest BCUT2D eigenvalue weighted by Crippen LogP contribution is -2.17. The fourth-order valence-corrected chi connectivity index (χ4v) is 2.66. The van der Waals surface area contributed by atoms with Gasteiger partial charge in [0.1, 0.15) is 0 Å². The van der Waals surface area contributed by atoms with Crippen LogP contribution in [0.4, 0.5) is 0 Å². The predicted octanol–water partition coefficient (Wildman–Crippen LogP) is 3.45. The maximum absolute atomic E-state index is 8.55. The number of aliphatic hydroxyl groups excluding tert-OH is 1. The van der Waals surface area contributed by atoms with Crippen molar-refractivity contribution >= 4 is 0 Å². The Morgan fingerprint density at radius 2 is 1.11 bits per heavy atom. The van der Waals surface area contributed by atoms with Gasteiger partial charge in [0.15, 0.2) is 0 Å². The van der Waals surface area contributed by atoms with Gasteiger partial charge in [0.05, 0.1) is 72.2 Å². The Hall–Kier alpha value is -0.240. The highest BCUT2D eigenvalue weighted by molar-refractivity contribution is 4.59. The van der Waals surface area contributed by atoms with Gasteiger partial charge >= 0.3 is 0 Å². The van der Waals surface area contributed by atoms with Crippen LogP contribution in [0.3, 0.4) is 0 Å². The average molecular weight is 393 g/mol. The van der Waals surface area contributed by atoms with E-state index in [0.29, 0.717) is 65.6 Å². The van der Waals surface area contributed by atoms with Crippen molar-refractivity contribution in [3.8, 4) is 0 Å². The van der Waals surface area contributed by atoms with Crippen molar-refractivity contribution in [1.29, 1.82) is 0 Å². The van der Waals surface area contributed by atoms with E-state index < -0.39 is 0 Å². The van der Waals surface area contributed by atoms with Gasteiger partial charge in [-0.05, 0) is 18.8 Å². The zero-order valence-electron chi connectivity index (χ0n) is 18.0. The first-order valence-corrected chi connectivity index (χ1v) is 10.7. The van der Waals surface area contributed by atoms with Crippen LogP contribution < -0.4 is 0 Å². The van der Waals surface area contributed by atoms with Crippen LogP contribution in [0.1, 0.15) is 59.3 Å². The number of hydrogen-bond donors (Lipinski definition) is 1. The third kappa shape index (κ3) is 21.9. The summed E-state index contributed by atoms with van der Waals surface area (Å²) in [6.07, 6.45) is 7.70. The number of unbranched alkanes of at least 4 members (excludes halogenated alkanes) is 1. The molecule has 0 aliphatic heterocycles. The second kappa shape index (κ2) is 22.1. The van der Waals surface area contributed by atoms with E-state index in [4.69, 9.17) is 28.8 Å². The van der Waals surface area contributed by atoms with E-state index >= 15 is 0 Å². The molecule has 27 heavy (non-hydrogen) atoms. The Morgan fingerprint density at radius 1 is 0.630 bits per heavy atom. The van der Waals surface area contributed by atoms with Crippen LogP contribution in [0, 0.1) is 5.92 Å². The summed E-state index contributed by atoms with van der Waals surface area (Å²) in [5.74, 6) is 0.795. The molecule has 0 radical (unpaired) electrons. The van der Waals surface area contributed by atoms with Crippen molar-refractivity contribution in [2.24, 2.45) is 5.92 Å². The van der Waals surface area contributed by atoms with E-state index in [2.05, 4.69) is 20.8 Å². The predicted molar refractivity (Wildman–Crippen MR) is 108 cm³/mol. The molecule has 0 aromatic rings. The van der Waals surface area contributed by atoms with Gasteiger partial charge in [0.2, 0.25) is 0 Å². The first-order chi connectivity index (χ1) is 13.2. The molecule has 0 aromatic heterocycles. The lowest BCUT2D eigenvalue weighted by Gasteiger charge is -2.17. The molecule has 0 spiro atoms. The maximum atomic E-state index is 8.55. The van der Waals surface area contributed by atoms with Crippen LogP contribution in [0.15, 0.2) is 0 Å². The van der Waals surface area contributed by atoms with Crippen molar-refractivity contribution < 1.29 is 28.8 Å². The van der Waals surface area contributed by atoms with Crippen molar-refractivity contribution in [2.75, 3.05) is 66.1 Å². The first kappa shape index (κ1) is 26.8. The largest absolute Gasteiger partial charge is 0.394 e. The summed E-state index contributed by atoms with van der Waals surface area (Å²) in [7, 11) is 0. The minimum Gasteiger partial charge on any atom is -0.394 e. The molecule has 0 aromatic carbocycles. The lowest BCUT2D eigenvalue weighted by molar-refractivity contribution is -0.0269. The molecule has 0 aliphatic carbocycles. The zero-order chi connectivity index (χ0) is 20.0. The Balaban J connectivity index is 3.34. The normalized spacial score (nSPS) is 12.8. The van der Waals surface area contributed by atoms with E-state index in [9.17, 15) is 0 Å². The minimum atomic E-state index is 0.0473. The summed E-state index contributed by atoms with van der Waals surface area (Å²) in [5, 5.41) is 8.55. The Kier molecular flexibility index (Phi) is 21.9. The number of rotatable bonds is 22. The van der Waals surface area contributed by atoms with Gasteiger partial charge in [-0.1, -0.05) is 46.5 Å². The van der Waals surface area contributed by atoms with Gasteiger partial charge in [0, 0.05) is 0 Å². The third-order valence-corrected chi connectivity index (χ3v) is 4.10. The molecule has 1 N–H and O–H groups in total. The van der Waals surface area contributed by atoms with E-state index in [1.54, 1.807) is 0 Å². The third-order valence-electron chi connectivity index (χ3n) is 4.10. The highest BCUT2D eigenvalue weighted by Gasteiger charge is 2.08. The molecule has 6 heteroatoms. The molecule has 0 amide bonds. The minimum absolute atomic E-state index is 0.0473. The monoisotopic (exact) mass is 392 g/mol. The van der Waals surface area contributed by atoms with Crippen LogP contribution in [-0.2, 0) is 23.7 Å². The van der Waals surface area contributed by atoms with E-state index in [-0.39, 0.29) is 6.61 Å². The molecule has 0 fully saturated rings. The number of ether oxygens (including phenoxy) is 5. The molecule has 164 valence electrons. The van der Waals surface area contributed by atoms with Gasteiger partial charge in [-0.3, -0.25) is 0 Å². The summed E-state index contributed by atoms with van der Waals surface area (Å²) < 4.78 is 27.4. The molecule has 0 heterocycles. The van der Waals surface area contributed by atoms with Gasteiger partial charge in [0.25, 0.3) is 0 Å². The van der Waals surface area contributed by atoms with E-state index in [0.717, 1.165) is 18.8 Å². The second-order valence-electron chi connectivity index (χ2n) is 7.13. The van der Waals surface area contributed by atoms with Gasteiger partial charge in [-0.2, -0.15) is 0 Å². The molecular formula is C21H44O6. The second-order valence-corrected chi connectivity index (χ2v) is 7.13. The molecule has 0 saturated carbocycles. The Bertz CT molecular complexity index is 275. The highest BCUT2D eigenvalue weighted by atomic mass is 16.6. The molecule has 0 saturated heterocycles. The van der Waals surface area contributed by atoms with Crippen molar-refractivity contribution in [3.63, 3.8) is 0 Å². The zero-order valence-corrected chi connectivity index (χ0v) is 18.0. The van der Waals surface area contributed by atoms with Crippen molar-refractivity contribution in [1.82, 2.24) is 0 Å². The standard InChI is InChI=1S/C21H44O6/c1-4-7-21(9-6-5-8-20(2)3)27-19-18-26-17-16-25-15-14-24-13-12-23-11-10-22/h20-22H,4-19H2,1-3H3. The van der Waals surface area contributed by atoms with Crippen LogP contribution in [0.25, 0.3) is 0 Å². The fourth-order valence-electron chi connectivity index (χ4n) is 2.66. The summed E-state index contributed by atoms with van der Waals surface area (Å²) in [6.45, 7) is 11.7. The number of aliphatic hydroxyl groups is 1. The maximum Gasteiger partial charge on any atom is 0.0704 e. The fraction of sp³-hybridized carbons (Fsp3) is 1.00. The van der Waals surface area contributed by atoms with Gasteiger partial charge in [-0.15, -0.1) is 0 Å². The molecule has 1 atom stereocenters. The van der Waals surface area contributed by atoms with Gasteiger partial charge < -0.3 is 28.8 Å². The summed E-state index contributed by atoms with van der Waals surface area (Å²) >= 11 is 0. The molecule has 6 nitrogen and oxygen atoms in total. The van der Waals surface area contributed by atoms with Crippen LogP contribution in [0.2, 0.25) is 0 Å². The first-order valence-electron chi connectivity index (χ1n) is 10.7. The number of hydrogen-bond acceptors (Lipinski definition) is 6. The van der Waals surface area contributed by atoms with E-state index in [1.165, 1.54) is 25.7 Å². The Morgan fingerprint density at radius 3 is 1.59 bits per heavy atom. The molecule has 0 aliphatic rings. The quantitative estimate of drug-likeness (QED) is 0.285. The summed E-state index contributed by atoms with van der Waals surface area (Å²) in [4.78, 5) is 0. The van der Waals surface area contributed by atoms with Gasteiger partial charge in [-0.25, -0.2) is 0 Å². The summed E-state index contributed by atoms with van der Waals surface area (Å²) in [6, 6.07) is 0. The summed E-state index contributed by atoms with van der Waals surface area (Å²) in [5.41, 5.74) is 0. The van der Waals surface area contributed by atoms with Crippen molar-refractivity contribution in [2.45, 2.75) is 65.4 Å². The molecule has 0 bridgehead atoms. The topological polar surface area (TPSA) is 66.4 Å². The lowest BCUT2D eigenvalue weighted by atomic mass is 10.0. The molecular weight excluding hydrogens is 348 g/mol.